The van der Waals surface area contributed by atoms with Crippen molar-refractivity contribution in [2.24, 2.45) is 5.73 Å². The third-order valence-electron chi connectivity index (χ3n) is 3.74. The van der Waals surface area contributed by atoms with Crippen molar-refractivity contribution < 1.29 is 4.39 Å². The van der Waals surface area contributed by atoms with Crippen molar-refractivity contribution in [3.8, 4) is 0 Å². The average molecular weight is 272 g/mol. The van der Waals surface area contributed by atoms with E-state index in [2.05, 4.69) is 4.90 Å². The summed E-state index contributed by atoms with van der Waals surface area (Å²) in [5.41, 5.74) is 8.82. The number of rotatable bonds is 4. The molecule has 2 aromatic rings. The maximum absolute atomic E-state index is 13.9. The van der Waals surface area contributed by atoms with Crippen molar-refractivity contribution in [1.29, 1.82) is 0 Å². The summed E-state index contributed by atoms with van der Waals surface area (Å²) in [5.74, 6) is -0.176. The molecule has 106 valence electrons. The molecule has 0 radical (unpaired) electrons. The van der Waals surface area contributed by atoms with E-state index in [9.17, 15) is 4.39 Å². The molecule has 0 bridgehead atoms. The van der Waals surface area contributed by atoms with Crippen molar-refractivity contribution in [3.05, 3.63) is 65.5 Å². The van der Waals surface area contributed by atoms with Crippen LogP contribution in [-0.2, 0) is 0 Å². The van der Waals surface area contributed by atoms with Gasteiger partial charge in [0, 0.05) is 24.3 Å². The van der Waals surface area contributed by atoms with Crippen molar-refractivity contribution in [2.45, 2.75) is 25.9 Å². The maximum Gasteiger partial charge on any atom is 0.128 e. The fraction of sp³-hybridized carbons (Fsp3) is 0.294. The fourth-order valence-corrected chi connectivity index (χ4v) is 2.42. The van der Waals surface area contributed by atoms with Gasteiger partial charge in [0.15, 0.2) is 0 Å². The van der Waals surface area contributed by atoms with Crippen LogP contribution in [0.15, 0.2) is 48.5 Å². The highest BCUT2D eigenvalue weighted by Crippen LogP contribution is 2.31. The van der Waals surface area contributed by atoms with Gasteiger partial charge in [-0.15, -0.1) is 0 Å². The zero-order chi connectivity index (χ0) is 14.7. The number of para-hydroxylation sites is 1. The first-order valence-electron chi connectivity index (χ1n) is 6.84. The Morgan fingerprint density at radius 3 is 2.10 bits per heavy atom. The summed E-state index contributed by atoms with van der Waals surface area (Å²) >= 11 is 0. The van der Waals surface area contributed by atoms with Crippen molar-refractivity contribution in [1.82, 2.24) is 0 Å². The van der Waals surface area contributed by atoms with Gasteiger partial charge >= 0.3 is 0 Å². The smallest absolute Gasteiger partial charge is 0.128 e. The van der Waals surface area contributed by atoms with E-state index in [-0.39, 0.29) is 17.9 Å². The van der Waals surface area contributed by atoms with Crippen LogP contribution in [0.4, 0.5) is 10.1 Å². The molecule has 0 aliphatic heterocycles. The number of anilines is 1. The normalized spacial score (nSPS) is 13.8. The van der Waals surface area contributed by atoms with Crippen LogP contribution in [0.2, 0.25) is 0 Å². The third-order valence-corrected chi connectivity index (χ3v) is 3.74. The average Bonchev–Trinajstić information content (AvgIpc) is 2.46. The van der Waals surface area contributed by atoms with E-state index in [4.69, 9.17) is 5.73 Å². The number of hydrogen-bond acceptors (Lipinski definition) is 2. The van der Waals surface area contributed by atoms with Gasteiger partial charge in [0.25, 0.3) is 0 Å². The molecule has 2 nitrogen and oxygen atoms in total. The van der Waals surface area contributed by atoms with Crippen molar-refractivity contribution in [3.63, 3.8) is 0 Å². The van der Waals surface area contributed by atoms with Gasteiger partial charge in [0.1, 0.15) is 5.82 Å². The molecule has 2 rings (SSSR count). The van der Waals surface area contributed by atoms with Crippen molar-refractivity contribution >= 4 is 5.69 Å². The standard InChI is InChI=1S/C17H21FN2/c1-12(19)14-8-5-7-11-17(14)20(3)13(2)15-9-4-6-10-16(15)18/h4-13H,19H2,1-3H3/t12-,13?/m1/s1. The van der Waals surface area contributed by atoms with Crippen LogP contribution < -0.4 is 10.6 Å². The largest absolute Gasteiger partial charge is 0.367 e. The molecule has 2 N–H and O–H groups in total. The maximum atomic E-state index is 13.9. The first kappa shape index (κ1) is 14.5. The minimum absolute atomic E-state index is 0.0542. The molecule has 2 aromatic carbocycles. The van der Waals surface area contributed by atoms with Gasteiger partial charge in [0.2, 0.25) is 0 Å². The summed E-state index contributed by atoms with van der Waals surface area (Å²) in [4.78, 5) is 2.07. The molecule has 0 fully saturated rings. The van der Waals surface area contributed by atoms with Gasteiger partial charge in [-0.2, -0.15) is 0 Å². The van der Waals surface area contributed by atoms with E-state index in [1.807, 2.05) is 57.3 Å². The summed E-state index contributed by atoms with van der Waals surface area (Å²) in [5, 5.41) is 0. The fourth-order valence-electron chi connectivity index (χ4n) is 2.42. The molecule has 0 saturated heterocycles. The predicted octanol–water partition coefficient (Wildman–Crippen LogP) is 4.04. The van der Waals surface area contributed by atoms with Crippen LogP contribution in [0, 0.1) is 5.82 Å². The van der Waals surface area contributed by atoms with Gasteiger partial charge in [-0.05, 0) is 31.5 Å². The number of nitrogens with zero attached hydrogens (tertiary/aromatic N) is 1. The quantitative estimate of drug-likeness (QED) is 0.910. The zero-order valence-electron chi connectivity index (χ0n) is 12.2. The summed E-state index contributed by atoms with van der Waals surface area (Å²) in [7, 11) is 1.97. The molecule has 0 aliphatic rings. The molecule has 0 heterocycles. The lowest BCUT2D eigenvalue weighted by Gasteiger charge is -2.30. The van der Waals surface area contributed by atoms with Gasteiger partial charge in [0.05, 0.1) is 6.04 Å². The first-order chi connectivity index (χ1) is 9.52. The molecule has 0 amide bonds. The van der Waals surface area contributed by atoms with Crippen LogP contribution in [-0.4, -0.2) is 7.05 Å². The summed E-state index contributed by atoms with van der Waals surface area (Å²) in [6.45, 7) is 3.96. The van der Waals surface area contributed by atoms with Crippen LogP contribution >= 0.6 is 0 Å². The lowest BCUT2D eigenvalue weighted by molar-refractivity contribution is 0.584. The molecule has 0 aliphatic carbocycles. The molecule has 1 unspecified atom stereocenters. The first-order valence-corrected chi connectivity index (χ1v) is 6.84. The Balaban J connectivity index is 2.37. The zero-order valence-corrected chi connectivity index (χ0v) is 12.2. The van der Waals surface area contributed by atoms with Gasteiger partial charge in [-0.1, -0.05) is 36.4 Å². The van der Waals surface area contributed by atoms with E-state index < -0.39 is 0 Å². The number of halogens is 1. The van der Waals surface area contributed by atoms with Gasteiger partial charge in [-0.25, -0.2) is 4.39 Å². The Bertz CT molecular complexity index is 581. The highest BCUT2D eigenvalue weighted by molar-refractivity contribution is 5.55. The van der Waals surface area contributed by atoms with Crippen molar-refractivity contribution in [2.75, 3.05) is 11.9 Å². The topological polar surface area (TPSA) is 29.3 Å². The summed E-state index contributed by atoms with van der Waals surface area (Å²) in [6.07, 6.45) is 0. The SMILES string of the molecule is CC(c1ccccc1F)N(C)c1ccccc1[C@@H](C)N. The second-order valence-electron chi connectivity index (χ2n) is 5.16. The highest BCUT2D eigenvalue weighted by Gasteiger charge is 2.18. The van der Waals surface area contributed by atoms with Gasteiger partial charge in [-0.3, -0.25) is 0 Å². The molecule has 2 atom stereocenters. The molecule has 0 aromatic heterocycles. The van der Waals surface area contributed by atoms with Crippen LogP contribution in [0.5, 0.6) is 0 Å². The molecular weight excluding hydrogens is 251 g/mol. The van der Waals surface area contributed by atoms with E-state index in [1.165, 1.54) is 6.07 Å². The molecule has 0 saturated carbocycles. The number of hydrogen-bond donors (Lipinski definition) is 1. The molecule has 20 heavy (non-hydrogen) atoms. The Morgan fingerprint density at radius 1 is 0.950 bits per heavy atom. The van der Waals surface area contributed by atoms with Crippen LogP contribution in [0.1, 0.15) is 37.1 Å². The Kier molecular flexibility index (Phi) is 4.40. The van der Waals surface area contributed by atoms with Crippen LogP contribution in [0.25, 0.3) is 0 Å². The van der Waals surface area contributed by atoms with Gasteiger partial charge < -0.3 is 10.6 Å². The Labute approximate surface area is 120 Å². The summed E-state index contributed by atoms with van der Waals surface area (Å²) < 4.78 is 13.9. The minimum Gasteiger partial charge on any atom is -0.367 e. The Hall–Kier alpha value is -1.87. The number of nitrogens with two attached hydrogens (primary N) is 1. The van der Waals surface area contributed by atoms with E-state index >= 15 is 0 Å². The molecule has 0 spiro atoms. The van der Waals surface area contributed by atoms with Crippen LogP contribution in [0.3, 0.4) is 0 Å². The highest BCUT2D eigenvalue weighted by atomic mass is 19.1. The lowest BCUT2D eigenvalue weighted by Crippen LogP contribution is -2.24. The minimum atomic E-state index is -0.176. The second kappa shape index (κ2) is 6.06. The van der Waals surface area contributed by atoms with E-state index in [0.29, 0.717) is 5.56 Å². The molecule has 3 heteroatoms. The van der Waals surface area contributed by atoms with E-state index in [1.54, 1.807) is 6.07 Å². The number of benzene rings is 2. The third kappa shape index (κ3) is 2.83. The Morgan fingerprint density at radius 2 is 1.50 bits per heavy atom. The second-order valence-corrected chi connectivity index (χ2v) is 5.16. The summed E-state index contributed by atoms with van der Waals surface area (Å²) in [6, 6.07) is 14.8. The monoisotopic (exact) mass is 272 g/mol. The van der Waals surface area contributed by atoms with E-state index in [0.717, 1.165) is 11.3 Å². The molecular formula is C17H21FN2. The lowest BCUT2D eigenvalue weighted by atomic mass is 10.0. The predicted molar refractivity (Wildman–Crippen MR) is 82.3 cm³/mol.